The van der Waals surface area contributed by atoms with Crippen molar-refractivity contribution < 1.29 is 23.8 Å². The Morgan fingerprint density at radius 1 is 1.06 bits per heavy atom. The minimum Gasteiger partial charge on any atom is -0.493 e. The lowest BCUT2D eigenvalue weighted by Gasteiger charge is -2.13. The normalized spacial score (nSPS) is 10.4. The number of halogens is 1. The van der Waals surface area contributed by atoms with Crippen molar-refractivity contribution in [3.8, 4) is 22.6 Å². The molecule has 0 aliphatic rings. The molecule has 0 fully saturated rings. The van der Waals surface area contributed by atoms with Gasteiger partial charge in [0.25, 0.3) is 5.91 Å². The van der Waals surface area contributed by atoms with Crippen molar-refractivity contribution in [3.05, 3.63) is 63.5 Å². The van der Waals surface area contributed by atoms with E-state index in [-0.39, 0.29) is 11.7 Å². The third-order valence-electron chi connectivity index (χ3n) is 4.80. The summed E-state index contributed by atoms with van der Waals surface area (Å²) in [6, 6.07) is 11.8. The van der Waals surface area contributed by atoms with Crippen LogP contribution in [0.15, 0.2) is 42.5 Å². The van der Waals surface area contributed by atoms with Gasteiger partial charge in [-0.25, -0.2) is 4.79 Å². The van der Waals surface area contributed by atoms with Crippen molar-refractivity contribution in [3.63, 3.8) is 0 Å². The molecule has 34 heavy (non-hydrogen) atoms. The van der Waals surface area contributed by atoms with Gasteiger partial charge in [-0.1, -0.05) is 17.7 Å². The smallest absolute Gasteiger partial charge is 0.341 e. The number of hydrogen-bond acceptors (Lipinski definition) is 7. The molecule has 0 saturated heterocycles. The van der Waals surface area contributed by atoms with Gasteiger partial charge in [0.05, 0.1) is 20.8 Å². The van der Waals surface area contributed by atoms with Crippen LogP contribution in [-0.2, 0) is 4.74 Å². The van der Waals surface area contributed by atoms with Crippen LogP contribution in [0.1, 0.15) is 32.5 Å². The van der Waals surface area contributed by atoms with Gasteiger partial charge in [0, 0.05) is 21.0 Å². The average molecular weight is 519 g/mol. The van der Waals surface area contributed by atoms with E-state index in [9.17, 15) is 9.59 Å². The lowest BCUT2D eigenvalue weighted by Crippen LogP contribution is -2.34. The van der Waals surface area contributed by atoms with Crippen molar-refractivity contribution >= 4 is 57.1 Å². The summed E-state index contributed by atoms with van der Waals surface area (Å²) in [7, 11) is 3.10. The van der Waals surface area contributed by atoms with Gasteiger partial charge in [0.2, 0.25) is 0 Å². The van der Waals surface area contributed by atoms with Crippen LogP contribution in [0.25, 0.3) is 11.1 Å². The molecule has 10 heteroatoms. The number of carbonyl (C=O) groups excluding carboxylic acids is 2. The first-order valence-electron chi connectivity index (χ1n) is 10.2. The fourth-order valence-electron chi connectivity index (χ4n) is 3.28. The monoisotopic (exact) mass is 518 g/mol. The third kappa shape index (κ3) is 5.67. The highest BCUT2D eigenvalue weighted by molar-refractivity contribution is 7.80. The average Bonchev–Trinajstić information content (AvgIpc) is 3.14. The summed E-state index contributed by atoms with van der Waals surface area (Å²) in [6.45, 7) is 3.83. The zero-order valence-electron chi connectivity index (χ0n) is 19.0. The van der Waals surface area contributed by atoms with Crippen LogP contribution in [0.5, 0.6) is 11.5 Å². The zero-order chi connectivity index (χ0) is 24.8. The Hall–Kier alpha value is -3.14. The van der Waals surface area contributed by atoms with E-state index in [0.717, 1.165) is 10.4 Å². The first-order valence-corrected chi connectivity index (χ1v) is 11.8. The molecular formula is C24H23ClN2O5S2. The van der Waals surface area contributed by atoms with E-state index in [2.05, 4.69) is 10.6 Å². The number of benzene rings is 2. The Morgan fingerprint density at radius 2 is 1.74 bits per heavy atom. The maximum atomic E-state index is 13.0. The SMILES string of the molecule is CCOC(=O)c1c(NC(=S)NC(=O)c2ccc(Cl)cc2)sc(C)c1-c1ccc(OC)c(OC)c1. The Kier molecular flexibility index (Phi) is 8.49. The minimum atomic E-state index is -0.508. The second-order valence-corrected chi connectivity index (χ2v) is 9.01. The molecule has 0 bridgehead atoms. The maximum Gasteiger partial charge on any atom is 0.341 e. The van der Waals surface area contributed by atoms with Crippen LogP contribution in [0, 0.1) is 6.92 Å². The van der Waals surface area contributed by atoms with E-state index in [1.165, 1.54) is 11.3 Å². The van der Waals surface area contributed by atoms with Crippen LogP contribution >= 0.6 is 35.2 Å². The molecule has 0 radical (unpaired) electrons. The summed E-state index contributed by atoms with van der Waals surface area (Å²) in [5.74, 6) is 0.188. The van der Waals surface area contributed by atoms with E-state index in [1.807, 2.05) is 13.0 Å². The number of methoxy groups -OCH3 is 2. The van der Waals surface area contributed by atoms with Crippen molar-refractivity contribution in [2.75, 3.05) is 26.1 Å². The number of esters is 1. The minimum absolute atomic E-state index is 0.0469. The molecule has 1 aromatic heterocycles. The number of thiophene rings is 1. The van der Waals surface area contributed by atoms with Gasteiger partial charge >= 0.3 is 5.97 Å². The highest BCUT2D eigenvalue weighted by Crippen LogP contribution is 2.42. The Labute approximate surface area is 212 Å². The van der Waals surface area contributed by atoms with Gasteiger partial charge in [0.1, 0.15) is 10.6 Å². The van der Waals surface area contributed by atoms with Crippen LogP contribution < -0.4 is 20.1 Å². The standard InChI is InChI=1S/C24H23ClN2O5S2/c1-5-32-23(29)20-19(15-8-11-17(30-3)18(12-15)31-4)13(2)34-22(20)27-24(33)26-21(28)14-6-9-16(25)10-7-14/h6-12H,5H2,1-4H3,(H2,26,27,28,33). The molecule has 0 atom stereocenters. The molecule has 0 aliphatic heterocycles. The number of ether oxygens (including phenoxy) is 3. The van der Waals surface area contributed by atoms with E-state index in [4.69, 9.17) is 38.0 Å². The van der Waals surface area contributed by atoms with Crippen molar-refractivity contribution in [2.24, 2.45) is 0 Å². The van der Waals surface area contributed by atoms with E-state index >= 15 is 0 Å². The summed E-state index contributed by atoms with van der Waals surface area (Å²) in [6.07, 6.45) is 0. The lowest BCUT2D eigenvalue weighted by atomic mass is 10.0. The highest BCUT2D eigenvalue weighted by Gasteiger charge is 2.26. The molecule has 0 saturated carbocycles. The lowest BCUT2D eigenvalue weighted by molar-refractivity contribution is 0.0529. The van der Waals surface area contributed by atoms with Crippen LogP contribution in [0.2, 0.25) is 5.02 Å². The van der Waals surface area contributed by atoms with Crippen LogP contribution in [-0.4, -0.2) is 37.8 Å². The van der Waals surface area contributed by atoms with Gasteiger partial charge in [-0.15, -0.1) is 11.3 Å². The van der Waals surface area contributed by atoms with Gasteiger partial charge < -0.3 is 19.5 Å². The number of aryl methyl sites for hydroxylation is 1. The molecule has 0 unspecified atom stereocenters. The Balaban J connectivity index is 1.95. The van der Waals surface area contributed by atoms with E-state index in [0.29, 0.717) is 38.2 Å². The predicted octanol–water partition coefficient (Wildman–Crippen LogP) is 5.70. The number of anilines is 1. The molecule has 1 amide bonds. The molecule has 3 rings (SSSR count). The molecule has 0 aliphatic carbocycles. The quantitative estimate of drug-likeness (QED) is 0.306. The van der Waals surface area contributed by atoms with Gasteiger partial charge in [0.15, 0.2) is 16.6 Å². The fourth-order valence-corrected chi connectivity index (χ4v) is 4.74. The first kappa shape index (κ1) is 25.5. The number of carbonyl (C=O) groups is 2. The topological polar surface area (TPSA) is 85.9 Å². The number of amides is 1. The summed E-state index contributed by atoms with van der Waals surface area (Å²) < 4.78 is 16.1. The molecule has 2 N–H and O–H groups in total. The number of rotatable bonds is 7. The Bertz CT molecular complexity index is 1220. The largest absolute Gasteiger partial charge is 0.493 e. The molecule has 7 nitrogen and oxygen atoms in total. The fraction of sp³-hybridized carbons (Fsp3) is 0.208. The molecule has 1 heterocycles. The molecule has 2 aromatic carbocycles. The van der Waals surface area contributed by atoms with E-state index < -0.39 is 11.9 Å². The highest BCUT2D eigenvalue weighted by atomic mass is 35.5. The predicted molar refractivity (Wildman–Crippen MR) is 139 cm³/mol. The maximum absolute atomic E-state index is 13.0. The zero-order valence-corrected chi connectivity index (χ0v) is 21.4. The van der Waals surface area contributed by atoms with Gasteiger partial charge in [-0.2, -0.15) is 0 Å². The van der Waals surface area contributed by atoms with Crippen LogP contribution in [0.4, 0.5) is 5.00 Å². The molecule has 178 valence electrons. The molecule has 0 spiro atoms. The second kappa shape index (κ2) is 11.3. The summed E-state index contributed by atoms with van der Waals surface area (Å²) >= 11 is 12.5. The van der Waals surface area contributed by atoms with Gasteiger partial charge in [-0.3, -0.25) is 10.1 Å². The summed E-state index contributed by atoms with van der Waals surface area (Å²) in [4.78, 5) is 26.3. The van der Waals surface area contributed by atoms with Gasteiger partial charge in [-0.05, 0) is 68.0 Å². The van der Waals surface area contributed by atoms with Crippen molar-refractivity contribution in [1.82, 2.24) is 5.32 Å². The van der Waals surface area contributed by atoms with Crippen LogP contribution in [0.3, 0.4) is 0 Å². The third-order valence-corrected chi connectivity index (χ3v) is 6.27. The summed E-state index contributed by atoms with van der Waals surface area (Å²) in [5.41, 5.74) is 2.14. The summed E-state index contributed by atoms with van der Waals surface area (Å²) in [5, 5.41) is 6.63. The van der Waals surface area contributed by atoms with Crippen molar-refractivity contribution in [1.29, 1.82) is 0 Å². The first-order chi connectivity index (χ1) is 16.3. The number of nitrogens with one attached hydrogen (secondary N) is 2. The number of hydrogen-bond donors (Lipinski definition) is 2. The Morgan fingerprint density at radius 3 is 2.35 bits per heavy atom. The van der Waals surface area contributed by atoms with E-state index in [1.54, 1.807) is 57.5 Å². The molecular weight excluding hydrogens is 496 g/mol. The molecule has 3 aromatic rings. The number of thiocarbonyl (C=S) groups is 1. The van der Waals surface area contributed by atoms with Crippen molar-refractivity contribution in [2.45, 2.75) is 13.8 Å². The second-order valence-electron chi connectivity index (χ2n) is 6.94.